The Morgan fingerprint density at radius 3 is 2.68 bits per heavy atom. The SMILES string of the molecule is c1cc2c(cc1OC[C@H]1CCNC1)CCN(C1CCC1)CC2. The van der Waals surface area contributed by atoms with Crippen LogP contribution in [0.15, 0.2) is 18.2 Å². The maximum atomic E-state index is 6.05. The molecule has 3 aliphatic rings. The molecule has 1 saturated heterocycles. The second kappa shape index (κ2) is 6.59. The lowest BCUT2D eigenvalue weighted by Gasteiger charge is -2.36. The summed E-state index contributed by atoms with van der Waals surface area (Å²) in [5, 5.41) is 3.41. The first-order valence-electron chi connectivity index (χ1n) is 9.08. The Bertz CT molecular complexity index is 506. The molecular formula is C19H28N2O. The summed E-state index contributed by atoms with van der Waals surface area (Å²) in [5.41, 5.74) is 3.06. The van der Waals surface area contributed by atoms with Crippen molar-refractivity contribution in [3.05, 3.63) is 29.3 Å². The molecule has 3 nitrogen and oxygen atoms in total. The van der Waals surface area contributed by atoms with Crippen LogP contribution in [0.25, 0.3) is 0 Å². The van der Waals surface area contributed by atoms with Gasteiger partial charge in [0.15, 0.2) is 0 Å². The van der Waals surface area contributed by atoms with Crippen LogP contribution in [0.1, 0.15) is 36.8 Å². The molecule has 0 radical (unpaired) electrons. The summed E-state index contributed by atoms with van der Waals surface area (Å²) in [7, 11) is 0. The molecule has 22 heavy (non-hydrogen) atoms. The number of fused-ring (bicyclic) bond motifs is 1. The molecule has 1 N–H and O–H groups in total. The maximum absolute atomic E-state index is 6.05. The third-order valence-corrected chi connectivity index (χ3v) is 5.75. The van der Waals surface area contributed by atoms with Crippen molar-refractivity contribution in [1.82, 2.24) is 10.2 Å². The Kier molecular flexibility index (Phi) is 4.35. The van der Waals surface area contributed by atoms with E-state index in [-0.39, 0.29) is 0 Å². The van der Waals surface area contributed by atoms with Crippen molar-refractivity contribution in [1.29, 1.82) is 0 Å². The highest BCUT2D eigenvalue weighted by Crippen LogP contribution is 2.28. The average molecular weight is 300 g/mol. The number of benzene rings is 1. The third kappa shape index (κ3) is 3.16. The van der Waals surface area contributed by atoms with E-state index in [1.807, 2.05) is 0 Å². The van der Waals surface area contributed by atoms with E-state index in [9.17, 15) is 0 Å². The molecule has 0 bridgehead atoms. The van der Waals surface area contributed by atoms with Crippen LogP contribution in [0.3, 0.4) is 0 Å². The van der Waals surface area contributed by atoms with Gasteiger partial charge in [-0.15, -0.1) is 0 Å². The van der Waals surface area contributed by atoms with E-state index in [4.69, 9.17) is 4.74 Å². The zero-order valence-electron chi connectivity index (χ0n) is 13.5. The summed E-state index contributed by atoms with van der Waals surface area (Å²) >= 11 is 0. The fraction of sp³-hybridized carbons (Fsp3) is 0.684. The number of ether oxygens (including phenoxy) is 1. The number of hydrogen-bond acceptors (Lipinski definition) is 3. The number of nitrogens with zero attached hydrogens (tertiary/aromatic N) is 1. The minimum atomic E-state index is 0.688. The van der Waals surface area contributed by atoms with Crippen molar-refractivity contribution < 1.29 is 4.74 Å². The van der Waals surface area contributed by atoms with Gasteiger partial charge in [0, 0.05) is 31.6 Å². The molecule has 1 aliphatic carbocycles. The van der Waals surface area contributed by atoms with Gasteiger partial charge in [0.25, 0.3) is 0 Å². The van der Waals surface area contributed by atoms with Gasteiger partial charge in [0.2, 0.25) is 0 Å². The Morgan fingerprint density at radius 1 is 1.09 bits per heavy atom. The van der Waals surface area contributed by atoms with Gasteiger partial charge < -0.3 is 10.1 Å². The van der Waals surface area contributed by atoms with Gasteiger partial charge in [-0.05, 0) is 61.9 Å². The van der Waals surface area contributed by atoms with Crippen LogP contribution in [0.2, 0.25) is 0 Å². The van der Waals surface area contributed by atoms with Gasteiger partial charge in [-0.2, -0.15) is 0 Å². The van der Waals surface area contributed by atoms with E-state index in [1.165, 1.54) is 62.7 Å². The minimum Gasteiger partial charge on any atom is -0.493 e. The first-order valence-corrected chi connectivity index (χ1v) is 9.08. The fourth-order valence-electron chi connectivity index (χ4n) is 4.00. The molecule has 1 atom stereocenters. The zero-order chi connectivity index (χ0) is 14.8. The molecule has 2 heterocycles. The molecule has 1 saturated carbocycles. The van der Waals surface area contributed by atoms with E-state index >= 15 is 0 Å². The lowest BCUT2D eigenvalue weighted by molar-refractivity contribution is 0.133. The molecular weight excluding hydrogens is 272 g/mol. The van der Waals surface area contributed by atoms with Crippen LogP contribution in [0, 0.1) is 5.92 Å². The Hall–Kier alpha value is -1.06. The summed E-state index contributed by atoms with van der Waals surface area (Å²) in [5.74, 6) is 1.76. The molecule has 1 aromatic rings. The molecule has 4 rings (SSSR count). The van der Waals surface area contributed by atoms with Crippen LogP contribution in [-0.2, 0) is 12.8 Å². The Labute approximate surface area is 134 Å². The summed E-state index contributed by atoms with van der Waals surface area (Å²) in [6.45, 7) is 5.59. The molecule has 0 amide bonds. The van der Waals surface area contributed by atoms with Crippen molar-refractivity contribution >= 4 is 0 Å². The van der Waals surface area contributed by atoms with Crippen LogP contribution in [0.5, 0.6) is 5.75 Å². The normalized spacial score (nSPS) is 26.3. The second-order valence-corrected chi connectivity index (χ2v) is 7.22. The predicted molar refractivity (Wildman–Crippen MR) is 89.5 cm³/mol. The van der Waals surface area contributed by atoms with Crippen molar-refractivity contribution in [2.24, 2.45) is 5.92 Å². The summed E-state index contributed by atoms with van der Waals surface area (Å²) in [4.78, 5) is 2.72. The summed E-state index contributed by atoms with van der Waals surface area (Å²) in [6.07, 6.45) is 7.91. The molecule has 0 spiro atoms. The van der Waals surface area contributed by atoms with Gasteiger partial charge in [-0.3, -0.25) is 4.90 Å². The van der Waals surface area contributed by atoms with Crippen molar-refractivity contribution in [3.8, 4) is 5.75 Å². The van der Waals surface area contributed by atoms with E-state index in [1.54, 1.807) is 0 Å². The van der Waals surface area contributed by atoms with Gasteiger partial charge in [0.05, 0.1) is 6.61 Å². The quantitative estimate of drug-likeness (QED) is 0.925. The fourth-order valence-corrected chi connectivity index (χ4v) is 4.00. The lowest BCUT2D eigenvalue weighted by atomic mass is 9.91. The molecule has 0 aromatic heterocycles. The zero-order valence-corrected chi connectivity index (χ0v) is 13.5. The summed E-state index contributed by atoms with van der Waals surface area (Å²) < 4.78 is 6.05. The molecule has 3 heteroatoms. The molecule has 0 unspecified atom stereocenters. The van der Waals surface area contributed by atoms with Gasteiger partial charge >= 0.3 is 0 Å². The number of nitrogens with one attached hydrogen (secondary N) is 1. The smallest absolute Gasteiger partial charge is 0.119 e. The van der Waals surface area contributed by atoms with Crippen LogP contribution >= 0.6 is 0 Å². The lowest BCUT2D eigenvalue weighted by Crippen LogP contribution is -2.41. The predicted octanol–water partition coefficient (Wildman–Crippen LogP) is 2.63. The average Bonchev–Trinajstić information content (AvgIpc) is 2.92. The first kappa shape index (κ1) is 14.5. The Morgan fingerprint density at radius 2 is 1.95 bits per heavy atom. The summed E-state index contributed by atoms with van der Waals surface area (Å²) in [6, 6.07) is 7.67. The van der Waals surface area contributed by atoms with Gasteiger partial charge in [0.1, 0.15) is 5.75 Å². The third-order valence-electron chi connectivity index (χ3n) is 5.75. The Balaban J connectivity index is 1.37. The highest BCUT2D eigenvalue weighted by atomic mass is 16.5. The highest BCUT2D eigenvalue weighted by molar-refractivity contribution is 5.37. The van der Waals surface area contributed by atoms with E-state index in [2.05, 4.69) is 28.4 Å². The maximum Gasteiger partial charge on any atom is 0.119 e. The van der Waals surface area contributed by atoms with Crippen molar-refractivity contribution in [3.63, 3.8) is 0 Å². The van der Waals surface area contributed by atoms with Crippen molar-refractivity contribution in [2.75, 3.05) is 32.8 Å². The van der Waals surface area contributed by atoms with Crippen LogP contribution in [-0.4, -0.2) is 43.7 Å². The molecule has 2 aliphatic heterocycles. The minimum absolute atomic E-state index is 0.688. The number of rotatable bonds is 4. The molecule has 120 valence electrons. The van der Waals surface area contributed by atoms with Crippen LogP contribution < -0.4 is 10.1 Å². The van der Waals surface area contributed by atoms with Crippen LogP contribution in [0.4, 0.5) is 0 Å². The van der Waals surface area contributed by atoms with Crippen molar-refractivity contribution in [2.45, 2.75) is 44.6 Å². The monoisotopic (exact) mass is 300 g/mol. The first-order chi connectivity index (χ1) is 10.9. The van der Waals surface area contributed by atoms with E-state index < -0.39 is 0 Å². The van der Waals surface area contributed by atoms with E-state index in [0.29, 0.717) is 5.92 Å². The number of hydrogen-bond donors (Lipinski definition) is 1. The van der Waals surface area contributed by atoms with Gasteiger partial charge in [-0.1, -0.05) is 12.5 Å². The highest BCUT2D eigenvalue weighted by Gasteiger charge is 2.26. The molecule has 2 fully saturated rings. The van der Waals surface area contributed by atoms with E-state index in [0.717, 1.165) is 31.5 Å². The largest absolute Gasteiger partial charge is 0.493 e. The topological polar surface area (TPSA) is 24.5 Å². The molecule has 1 aromatic carbocycles. The second-order valence-electron chi connectivity index (χ2n) is 7.22. The van der Waals surface area contributed by atoms with Gasteiger partial charge in [-0.25, -0.2) is 0 Å². The standard InChI is InChI=1S/C19H28N2O/c1-2-18(3-1)21-10-7-16-4-5-19(12-17(16)8-11-21)22-14-15-6-9-20-13-15/h4-5,12,15,18,20H,1-3,6-11,13-14H2/t15-/m0/s1.